The summed E-state index contributed by atoms with van der Waals surface area (Å²) in [5, 5.41) is 11.4. The van der Waals surface area contributed by atoms with E-state index in [1.807, 2.05) is 0 Å². The summed E-state index contributed by atoms with van der Waals surface area (Å²) in [4.78, 5) is 28.0. The van der Waals surface area contributed by atoms with Crippen LogP contribution in [0.2, 0.25) is 5.02 Å². The predicted molar refractivity (Wildman–Crippen MR) is 85.1 cm³/mol. The van der Waals surface area contributed by atoms with Crippen molar-refractivity contribution in [3.8, 4) is 5.88 Å². The number of carbonyl (C=O) groups excluding carboxylic acids is 1. The number of likely N-dealkylation sites (tertiary alicyclic amines) is 1. The molecule has 1 saturated heterocycles. The summed E-state index contributed by atoms with van der Waals surface area (Å²) in [6.45, 7) is 1.99. The monoisotopic (exact) mass is 395 g/mol. The minimum absolute atomic E-state index is 0.0537. The lowest BCUT2D eigenvalue weighted by Gasteiger charge is -2.20. The van der Waals surface area contributed by atoms with Gasteiger partial charge in [0.1, 0.15) is 11.6 Å². The van der Waals surface area contributed by atoms with Crippen molar-refractivity contribution in [2.75, 3.05) is 26.2 Å². The van der Waals surface area contributed by atoms with Gasteiger partial charge in [-0.05, 0) is 19.4 Å². The highest BCUT2D eigenvalue weighted by atomic mass is 35.5. The molecule has 1 unspecified atom stereocenters. The van der Waals surface area contributed by atoms with Crippen molar-refractivity contribution in [1.82, 2.24) is 15.2 Å². The lowest BCUT2D eigenvalue weighted by atomic mass is 9.90. The van der Waals surface area contributed by atoms with E-state index in [1.54, 1.807) is 6.92 Å². The van der Waals surface area contributed by atoms with Crippen molar-refractivity contribution in [2.45, 2.75) is 19.5 Å². The Hall–Kier alpha value is -2.23. The third-order valence-corrected chi connectivity index (χ3v) is 4.30. The van der Waals surface area contributed by atoms with Crippen molar-refractivity contribution in [3.63, 3.8) is 0 Å². The van der Waals surface area contributed by atoms with Gasteiger partial charge >= 0.3 is 18.2 Å². The number of hydrogen-bond acceptors (Lipinski definition) is 4. The summed E-state index contributed by atoms with van der Waals surface area (Å²) in [5.41, 5.74) is -1.95. The average Bonchev–Trinajstić information content (AvgIpc) is 2.95. The highest BCUT2D eigenvalue weighted by Crippen LogP contribution is 2.33. The number of alkyl halides is 3. The molecule has 2 N–H and O–H groups in total. The Morgan fingerprint density at radius 1 is 1.50 bits per heavy atom. The van der Waals surface area contributed by atoms with E-state index < -0.39 is 29.2 Å². The van der Waals surface area contributed by atoms with Gasteiger partial charge in [0.05, 0.1) is 17.5 Å². The molecule has 1 fully saturated rings. The van der Waals surface area contributed by atoms with Gasteiger partial charge in [-0.25, -0.2) is 9.78 Å². The zero-order chi connectivity index (χ0) is 19.5. The van der Waals surface area contributed by atoms with Crippen LogP contribution in [0.15, 0.2) is 12.3 Å². The van der Waals surface area contributed by atoms with E-state index in [0.717, 1.165) is 0 Å². The molecule has 1 aliphatic heterocycles. The summed E-state index contributed by atoms with van der Waals surface area (Å²) in [6, 6.07) is 0.268. The third kappa shape index (κ3) is 4.69. The van der Waals surface area contributed by atoms with Crippen molar-refractivity contribution in [2.24, 2.45) is 5.41 Å². The van der Waals surface area contributed by atoms with Crippen LogP contribution in [0.3, 0.4) is 0 Å². The van der Waals surface area contributed by atoms with E-state index in [0.29, 0.717) is 25.2 Å². The predicted octanol–water partition coefficient (Wildman–Crippen LogP) is 2.64. The maximum Gasteiger partial charge on any atom is 0.417 e. The molecule has 144 valence electrons. The Bertz CT molecular complexity index is 701. The number of carboxylic acids is 1. The van der Waals surface area contributed by atoms with Gasteiger partial charge in [0.2, 0.25) is 5.88 Å². The second kappa shape index (κ2) is 7.56. The van der Waals surface area contributed by atoms with Gasteiger partial charge in [-0.1, -0.05) is 11.6 Å². The molecule has 1 aliphatic rings. The number of pyridine rings is 1. The SMILES string of the molecule is CC1(C(=O)O)CCN(C(=O)NCCOc2ncc(C(F)(F)F)cc2Cl)C1. The molecular formula is C15H17ClF3N3O4. The maximum atomic E-state index is 12.5. The number of carboxylic acid groups (broad SMARTS) is 1. The molecule has 0 aliphatic carbocycles. The van der Waals surface area contributed by atoms with Gasteiger partial charge in [0.15, 0.2) is 0 Å². The molecule has 7 nitrogen and oxygen atoms in total. The number of halogens is 4. The number of nitrogens with one attached hydrogen (secondary N) is 1. The second-order valence-electron chi connectivity index (χ2n) is 6.13. The van der Waals surface area contributed by atoms with Crippen LogP contribution in [0.4, 0.5) is 18.0 Å². The molecule has 2 amide bonds. The highest BCUT2D eigenvalue weighted by Gasteiger charge is 2.42. The molecule has 0 aromatic carbocycles. The topological polar surface area (TPSA) is 91.8 Å². The Kier molecular flexibility index (Phi) is 5.84. The number of carbonyl (C=O) groups is 2. The molecule has 26 heavy (non-hydrogen) atoms. The first-order valence-corrected chi connectivity index (χ1v) is 8.02. The van der Waals surface area contributed by atoms with Gasteiger partial charge in [-0.2, -0.15) is 13.2 Å². The number of aromatic nitrogens is 1. The lowest BCUT2D eigenvalue weighted by molar-refractivity contribution is -0.147. The zero-order valence-corrected chi connectivity index (χ0v) is 14.5. The molecule has 1 aromatic rings. The van der Waals surface area contributed by atoms with Crippen molar-refractivity contribution in [1.29, 1.82) is 0 Å². The van der Waals surface area contributed by atoms with Crippen molar-refractivity contribution in [3.05, 3.63) is 22.8 Å². The Morgan fingerprint density at radius 2 is 2.19 bits per heavy atom. The van der Waals surface area contributed by atoms with Gasteiger partial charge in [0.25, 0.3) is 0 Å². The van der Waals surface area contributed by atoms with Gasteiger partial charge in [0, 0.05) is 19.3 Å². The van der Waals surface area contributed by atoms with Crippen molar-refractivity contribution >= 4 is 23.6 Å². The van der Waals surface area contributed by atoms with Crippen LogP contribution in [0.1, 0.15) is 18.9 Å². The first-order valence-electron chi connectivity index (χ1n) is 7.65. The van der Waals surface area contributed by atoms with E-state index in [-0.39, 0.29) is 30.6 Å². The molecule has 0 radical (unpaired) electrons. The first kappa shape index (κ1) is 20.1. The quantitative estimate of drug-likeness (QED) is 0.748. The number of urea groups is 1. The summed E-state index contributed by atoms with van der Waals surface area (Å²) in [7, 11) is 0. The standard InChI is InChI=1S/C15H17ClF3N3O4/c1-14(12(23)24)2-4-22(8-14)13(25)20-3-5-26-11-10(16)6-9(7-21-11)15(17,18)19/h6-7H,2-5,8H2,1H3,(H,20,25)(H,23,24). The lowest BCUT2D eigenvalue weighted by Crippen LogP contribution is -2.42. The zero-order valence-electron chi connectivity index (χ0n) is 13.8. The molecule has 2 rings (SSSR count). The molecule has 1 atom stereocenters. The van der Waals surface area contributed by atoms with Crippen LogP contribution in [0, 0.1) is 5.41 Å². The Morgan fingerprint density at radius 3 is 2.73 bits per heavy atom. The van der Waals surface area contributed by atoms with E-state index in [1.165, 1.54) is 4.90 Å². The highest BCUT2D eigenvalue weighted by molar-refractivity contribution is 6.31. The molecule has 2 heterocycles. The Balaban J connectivity index is 1.79. The van der Waals surface area contributed by atoms with Crippen LogP contribution in [0.5, 0.6) is 5.88 Å². The molecular weight excluding hydrogens is 379 g/mol. The first-order chi connectivity index (χ1) is 12.0. The fourth-order valence-corrected chi connectivity index (χ4v) is 2.63. The number of ether oxygens (including phenoxy) is 1. The summed E-state index contributed by atoms with van der Waals surface area (Å²) >= 11 is 5.70. The minimum atomic E-state index is -4.55. The average molecular weight is 396 g/mol. The molecule has 1 aromatic heterocycles. The van der Waals surface area contributed by atoms with Gasteiger partial charge in [-0.3, -0.25) is 4.79 Å². The largest absolute Gasteiger partial charge is 0.481 e. The van der Waals surface area contributed by atoms with Crippen LogP contribution in [-0.4, -0.2) is 53.2 Å². The minimum Gasteiger partial charge on any atom is -0.481 e. The number of rotatable bonds is 5. The summed E-state index contributed by atoms with van der Waals surface area (Å²) in [6.07, 6.45) is -3.59. The fraction of sp³-hybridized carbons (Fsp3) is 0.533. The van der Waals surface area contributed by atoms with Crippen LogP contribution < -0.4 is 10.1 Å². The number of nitrogens with zero attached hydrogens (tertiary/aromatic N) is 2. The number of amides is 2. The number of aliphatic carboxylic acids is 1. The van der Waals surface area contributed by atoms with E-state index in [2.05, 4.69) is 10.3 Å². The molecule has 0 saturated carbocycles. The molecule has 0 bridgehead atoms. The van der Waals surface area contributed by atoms with Crippen molar-refractivity contribution < 1.29 is 32.6 Å². The molecule has 0 spiro atoms. The smallest absolute Gasteiger partial charge is 0.417 e. The van der Waals surface area contributed by atoms with E-state index in [9.17, 15) is 22.8 Å². The van der Waals surface area contributed by atoms with Crippen LogP contribution in [0.25, 0.3) is 0 Å². The van der Waals surface area contributed by atoms with E-state index >= 15 is 0 Å². The van der Waals surface area contributed by atoms with E-state index in [4.69, 9.17) is 21.4 Å². The number of hydrogen-bond donors (Lipinski definition) is 2. The summed E-state index contributed by atoms with van der Waals surface area (Å²) < 4.78 is 42.7. The fourth-order valence-electron chi connectivity index (χ4n) is 2.41. The van der Waals surface area contributed by atoms with Gasteiger partial charge in [-0.15, -0.1) is 0 Å². The van der Waals surface area contributed by atoms with Gasteiger partial charge < -0.3 is 20.1 Å². The maximum absolute atomic E-state index is 12.5. The third-order valence-electron chi connectivity index (χ3n) is 4.03. The normalized spacial score (nSPS) is 20.1. The summed E-state index contributed by atoms with van der Waals surface area (Å²) in [5.74, 6) is -1.13. The second-order valence-corrected chi connectivity index (χ2v) is 6.53. The van der Waals surface area contributed by atoms with Crippen LogP contribution >= 0.6 is 11.6 Å². The molecule has 11 heteroatoms. The Labute approximate surface area is 152 Å². The van der Waals surface area contributed by atoms with Crippen LogP contribution in [-0.2, 0) is 11.0 Å².